The maximum Gasteiger partial charge on any atom is 0.341 e. The molecule has 6 rings (SSSR count). The van der Waals surface area contributed by atoms with Gasteiger partial charge in [-0.25, -0.2) is 14.6 Å². The highest BCUT2D eigenvalue weighted by molar-refractivity contribution is 7.21. The molecule has 2 aromatic heterocycles. The summed E-state index contributed by atoms with van der Waals surface area (Å²) < 4.78 is 12.2. The molecule has 0 aliphatic heterocycles. The molecule has 1 amide bonds. The SMILES string of the molecule is CCOC(=O)c1c(NC(=O)C(CC)OC(=O)c2ccccc2-c2nc3ccccc3s2)sc2c1CCc1ccccc1-2. The third-order valence-corrected chi connectivity index (χ3v) is 9.46. The fraction of sp³-hybridized carbons (Fsp3) is 0.212. The van der Waals surface area contributed by atoms with Gasteiger partial charge in [0.05, 0.1) is 28.0 Å². The van der Waals surface area contributed by atoms with Gasteiger partial charge >= 0.3 is 11.9 Å². The maximum absolute atomic E-state index is 13.5. The number of thiazole rings is 1. The Labute approximate surface area is 251 Å². The average molecular weight is 597 g/mol. The zero-order chi connectivity index (χ0) is 29.2. The summed E-state index contributed by atoms with van der Waals surface area (Å²) in [6, 6.07) is 23.0. The zero-order valence-corrected chi connectivity index (χ0v) is 24.8. The first-order chi connectivity index (χ1) is 20.5. The van der Waals surface area contributed by atoms with Crippen LogP contribution in [-0.2, 0) is 27.1 Å². The van der Waals surface area contributed by atoms with Crippen molar-refractivity contribution in [2.24, 2.45) is 0 Å². The van der Waals surface area contributed by atoms with Crippen molar-refractivity contribution in [3.63, 3.8) is 0 Å². The van der Waals surface area contributed by atoms with Crippen LogP contribution in [0.5, 0.6) is 0 Å². The number of amides is 1. The molecule has 2 heterocycles. The van der Waals surface area contributed by atoms with E-state index in [1.807, 2.05) is 54.6 Å². The molecule has 3 aromatic carbocycles. The lowest BCUT2D eigenvalue weighted by Gasteiger charge is -2.17. The van der Waals surface area contributed by atoms with E-state index in [0.29, 0.717) is 33.1 Å². The van der Waals surface area contributed by atoms with E-state index >= 15 is 0 Å². The Balaban J connectivity index is 1.27. The topological polar surface area (TPSA) is 94.6 Å². The predicted octanol–water partition coefficient (Wildman–Crippen LogP) is 7.54. The van der Waals surface area contributed by atoms with Crippen molar-refractivity contribution in [2.75, 3.05) is 11.9 Å². The molecule has 7 nitrogen and oxygen atoms in total. The summed E-state index contributed by atoms with van der Waals surface area (Å²) in [5, 5.41) is 4.01. The first kappa shape index (κ1) is 27.8. The molecule has 42 heavy (non-hydrogen) atoms. The lowest BCUT2D eigenvalue weighted by Crippen LogP contribution is -2.32. The number of hydrogen-bond donors (Lipinski definition) is 1. The second-order valence-electron chi connectivity index (χ2n) is 9.82. The van der Waals surface area contributed by atoms with Gasteiger partial charge in [-0.1, -0.05) is 61.5 Å². The van der Waals surface area contributed by atoms with Crippen molar-refractivity contribution in [1.82, 2.24) is 4.98 Å². The number of anilines is 1. The number of carbonyl (C=O) groups excluding carboxylic acids is 3. The Hall–Kier alpha value is -4.34. The van der Waals surface area contributed by atoms with Crippen LogP contribution in [0, 0.1) is 0 Å². The van der Waals surface area contributed by atoms with E-state index in [0.717, 1.165) is 32.6 Å². The van der Waals surface area contributed by atoms with Crippen LogP contribution in [0.15, 0.2) is 72.8 Å². The van der Waals surface area contributed by atoms with Crippen molar-refractivity contribution < 1.29 is 23.9 Å². The monoisotopic (exact) mass is 596 g/mol. The van der Waals surface area contributed by atoms with Gasteiger partial charge in [-0.15, -0.1) is 22.7 Å². The standard InChI is InChI=1S/C33H28N2O5S2/c1-3-25(40-32(37)22-14-8-7-13-21(22)30-34-24-15-9-10-16-26(24)41-30)29(36)35-31-27(33(38)39-4-2)23-18-17-19-11-5-6-12-20(19)28(23)42-31/h5-16,25H,3-4,17-18H2,1-2H3,(H,35,36). The Morgan fingerprint density at radius 2 is 1.62 bits per heavy atom. The van der Waals surface area contributed by atoms with Crippen LogP contribution in [0.1, 0.15) is 52.1 Å². The predicted molar refractivity (Wildman–Crippen MR) is 166 cm³/mol. The van der Waals surface area contributed by atoms with Gasteiger partial charge in [0.25, 0.3) is 5.91 Å². The number of fused-ring (bicyclic) bond motifs is 4. The van der Waals surface area contributed by atoms with Gasteiger partial charge in [-0.2, -0.15) is 0 Å². The Kier molecular flexibility index (Phi) is 7.86. The van der Waals surface area contributed by atoms with Crippen LogP contribution in [0.3, 0.4) is 0 Å². The molecule has 1 N–H and O–H groups in total. The summed E-state index contributed by atoms with van der Waals surface area (Å²) in [5.41, 5.74) is 5.34. The molecule has 212 valence electrons. The van der Waals surface area contributed by atoms with Gasteiger partial charge in [0.2, 0.25) is 0 Å². The van der Waals surface area contributed by atoms with Crippen molar-refractivity contribution in [3.05, 3.63) is 95.1 Å². The van der Waals surface area contributed by atoms with E-state index in [9.17, 15) is 14.4 Å². The summed E-state index contributed by atoms with van der Waals surface area (Å²) in [6.07, 6.45) is 0.649. The van der Waals surface area contributed by atoms with Crippen LogP contribution in [-0.4, -0.2) is 35.5 Å². The minimum absolute atomic E-state index is 0.219. The number of esters is 2. The number of nitrogens with zero attached hydrogens (tertiary/aromatic N) is 1. The number of ether oxygens (including phenoxy) is 2. The molecule has 1 aliphatic rings. The number of thiophene rings is 1. The molecule has 0 spiro atoms. The molecule has 5 aromatic rings. The van der Waals surface area contributed by atoms with Crippen LogP contribution in [0.25, 0.3) is 31.2 Å². The molecule has 9 heteroatoms. The van der Waals surface area contributed by atoms with E-state index in [1.165, 1.54) is 28.2 Å². The molecular weight excluding hydrogens is 569 g/mol. The first-order valence-corrected chi connectivity index (χ1v) is 15.5. The van der Waals surface area contributed by atoms with E-state index in [2.05, 4.69) is 11.4 Å². The van der Waals surface area contributed by atoms with Gasteiger partial charge in [0.15, 0.2) is 6.10 Å². The molecule has 0 saturated heterocycles. The van der Waals surface area contributed by atoms with Crippen LogP contribution in [0.4, 0.5) is 5.00 Å². The second-order valence-corrected chi connectivity index (χ2v) is 11.9. The molecule has 0 bridgehead atoms. The number of aryl methyl sites for hydroxylation is 1. The van der Waals surface area contributed by atoms with Gasteiger partial charge in [-0.3, -0.25) is 4.79 Å². The summed E-state index contributed by atoms with van der Waals surface area (Å²) in [7, 11) is 0. The van der Waals surface area contributed by atoms with Gasteiger partial charge in [0.1, 0.15) is 10.0 Å². The second kappa shape index (κ2) is 11.9. The van der Waals surface area contributed by atoms with Crippen LogP contribution in [0.2, 0.25) is 0 Å². The molecule has 0 saturated carbocycles. The lowest BCUT2D eigenvalue weighted by molar-refractivity contribution is -0.124. The largest absolute Gasteiger partial charge is 0.462 e. The summed E-state index contributed by atoms with van der Waals surface area (Å²) in [5.74, 6) is -1.59. The van der Waals surface area contributed by atoms with E-state index < -0.39 is 23.9 Å². The average Bonchev–Trinajstić information content (AvgIpc) is 3.61. The van der Waals surface area contributed by atoms with E-state index in [1.54, 1.807) is 26.0 Å². The van der Waals surface area contributed by atoms with Crippen molar-refractivity contribution in [3.8, 4) is 21.0 Å². The number of carbonyl (C=O) groups is 3. The molecule has 1 atom stereocenters. The quantitative estimate of drug-likeness (QED) is 0.186. The van der Waals surface area contributed by atoms with Gasteiger partial charge in [0, 0.05) is 10.4 Å². The number of hydrogen-bond acceptors (Lipinski definition) is 8. The molecule has 1 aliphatic carbocycles. The first-order valence-electron chi connectivity index (χ1n) is 13.9. The highest BCUT2D eigenvalue weighted by Gasteiger charge is 2.32. The maximum atomic E-state index is 13.5. The number of aromatic nitrogens is 1. The Morgan fingerprint density at radius 1 is 0.881 bits per heavy atom. The molecular formula is C33H28N2O5S2. The van der Waals surface area contributed by atoms with Crippen LogP contribution < -0.4 is 5.32 Å². The normalized spacial score (nSPS) is 12.7. The third-order valence-electron chi connectivity index (χ3n) is 7.21. The third kappa shape index (κ3) is 5.21. The number of benzene rings is 3. The minimum Gasteiger partial charge on any atom is -0.462 e. The fourth-order valence-electron chi connectivity index (χ4n) is 5.19. The molecule has 0 fully saturated rings. The summed E-state index contributed by atoms with van der Waals surface area (Å²) in [4.78, 5) is 45.7. The number of para-hydroxylation sites is 1. The van der Waals surface area contributed by atoms with Crippen molar-refractivity contribution in [2.45, 2.75) is 39.2 Å². The van der Waals surface area contributed by atoms with E-state index in [-0.39, 0.29) is 13.0 Å². The Morgan fingerprint density at radius 3 is 2.40 bits per heavy atom. The minimum atomic E-state index is -1.07. The van der Waals surface area contributed by atoms with E-state index in [4.69, 9.17) is 14.5 Å². The van der Waals surface area contributed by atoms with Crippen molar-refractivity contribution >= 4 is 55.7 Å². The zero-order valence-electron chi connectivity index (χ0n) is 23.1. The summed E-state index contributed by atoms with van der Waals surface area (Å²) >= 11 is 2.84. The summed E-state index contributed by atoms with van der Waals surface area (Å²) in [6.45, 7) is 3.75. The lowest BCUT2D eigenvalue weighted by atomic mass is 9.89. The highest BCUT2D eigenvalue weighted by atomic mass is 32.1. The van der Waals surface area contributed by atoms with Crippen LogP contribution >= 0.6 is 22.7 Å². The molecule has 0 radical (unpaired) electrons. The number of rotatable bonds is 8. The van der Waals surface area contributed by atoms with Gasteiger partial charge in [-0.05, 0) is 61.1 Å². The Bertz CT molecular complexity index is 1790. The van der Waals surface area contributed by atoms with Gasteiger partial charge < -0.3 is 14.8 Å². The molecule has 1 unspecified atom stereocenters. The number of nitrogens with one attached hydrogen (secondary N) is 1. The smallest absolute Gasteiger partial charge is 0.341 e. The van der Waals surface area contributed by atoms with Crippen molar-refractivity contribution in [1.29, 1.82) is 0 Å². The fourth-order valence-corrected chi connectivity index (χ4v) is 7.50. The highest BCUT2D eigenvalue weighted by Crippen LogP contribution is 2.45.